The lowest BCUT2D eigenvalue weighted by atomic mass is 10.1. The number of ether oxygens (including phenoxy) is 1. The number of benzene rings is 2. The number of aryl methyl sites for hydroxylation is 1. The summed E-state index contributed by atoms with van der Waals surface area (Å²) in [5.74, 6) is -1.36. The van der Waals surface area contributed by atoms with Crippen molar-refractivity contribution in [3.63, 3.8) is 0 Å². The molecule has 138 valence electrons. The highest BCUT2D eigenvalue weighted by Crippen LogP contribution is 2.28. The Hall–Kier alpha value is -3.33. The van der Waals surface area contributed by atoms with E-state index in [1.165, 1.54) is 17.4 Å². The van der Waals surface area contributed by atoms with Crippen molar-refractivity contribution >= 4 is 44.2 Å². The second-order valence-electron chi connectivity index (χ2n) is 5.65. The van der Waals surface area contributed by atoms with Crippen LogP contribution in [-0.4, -0.2) is 28.9 Å². The zero-order valence-corrected chi connectivity index (χ0v) is 15.3. The van der Waals surface area contributed by atoms with Crippen LogP contribution in [0.25, 0.3) is 10.2 Å². The Kier molecular flexibility index (Phi) is 5.13. The van der Waals surface area contributed by atoms with Crippen molar-refractivity contribution in [2.75, 3.05) is 12.4 Å². The number of hydrogen-bond donors (Lipinski definition) is 1. The fourth-order valence-electron chi connectivity index (χ4n) is 2.50. The Labute approximate surface area is 157 Å². The molecule has 1 heterocycles. The van der Waals surface area contributed by atoms with Gasteiger partial charge in [0.2, 0.25) is 0 Å². The van der Waals surface area contributed by atoms with E-state index in [0.717, 1.165) is 41.4 Å². The first kappa shape index (κ1) is 18.5. The van der Waals surface area contributed by atoms with Gasteiger partial charge in [-0.15, -0.1) is 0 Å². The molecule has 1 N–H and O–H groups in total. The molecule has 0 spiro atoms. The molecule has 0 aliphatic rings. The van der Waals surface area contributed by atoms with Crippen molar-refractivity contribution in [2.24, 2.45) is 0 Å². The highest BCUT2D eigenvalue weighted by molar-refractivity contribution is 7.22. The quantitative estimate of drug-likeness (QED) is 0.406. The standard InChI is InChI=1S/C18H15N3O5S/c1-3-10-4-5-14-15(6-10)27-18(19-14)20-16(22)11-7-12(17(23)26-2)9-13(8-11)21(24)25/h4-9H,3H2,1-2H3,(H,19,20,22). The molecule has 0 saturated heterocycles. The van der Waals surface area contributed by atoms with Gasteiger partial charge in [0.05, 0.1) is 27.8 Å². The minimum absolute atomic E-state index is 0.0295. The highest BCUT2D eigenvalue weighted by Gasteiger charge is 2.19. The zero-order valence-electron chi connectivity index (χ0n) is 14.5. The van der Waals surface area contributed by atoms with Gasteiger partial charge in [0, 0.05) is 17.7 Å². The number of esters is 1. The van der Waals surface area contributed by atoms with Crippen molar-refractivity contribution < 1.29 is 19.2 Å². The number of carbonyl (C=O) groups is 2. The maximum Gasteiger partial charge on any atom is 0.338 e. The van der Waals surface area contributed by atoms with Crippen molar-refractivity contribution in [2.45, 2.75) is 13.3 Å². The third-order valence-corrected chi connectivity index (χ3v) is 4.83. The van der Waals surface area contributed by atoms with Crippen LogP contribution < -0.4 is 5.32 Å². The summed E-state index contributed by atoms with van der Waals surface area (Å²) in [6.45, 7) is 2.05. The number of nitrogens with zero attached hydrogens (tertiary/aromatic N) is 2. The SMILES string of the molecule is CCc1ccc2nc(NC(=O)c3cc(C(=O)OC)cc([N+](=O)[O-])c3)sc2c1. The topological polar surface area (TPSA) is 111 Å². The van der Waals surface area contributed by atoms with E-state index < -0.39 is 16.8 Å². The van der Waals surface area contributed by atoms with E-state index >= 15 is 0 Å². The normalized spacial score (nSPS) is 10.6. The number of nitro benzene ring substituents is 1. The van der Waals surface area contributed by atoms with Crippen molar-refractivity contribution in [3.05, 3.63) is 63.2 Å². The molecule has 1 amide bonds. The predicted molar refractivity (Wildman–Crippen MR) is 101 cm³/mol. The maximum atomic E-state index is 12.5. The Morgan fingerprint density at radius 3 is 2.63 bits per heavy atom. The Morgan fingerprint density at radius 1 is 1.22 bits per heavy atom. The number of rotatable bonds is 5. The van der Waals surface area contributed by atoms with Gasteiger partial charge in [-0.1, -0.05) is 24.3 Å². The average molecular weight is 385 g/mol. The minimum Gasteiger partial charge on any atom is -0.465 e. The summed E-state index contributed by atoms with van der Waals surface area (Å²) in [6.07, 6.45) is 0.888. The summed E-state index contributed by atoms with van der Waals surface area (Å²) in [7, 11) is 1.16. The van der Waals surface area contributed by atoms with Crippen LogP contribution in [0.15, 0.2) is 36.4 Å². The number of anilines is 1. The van der Waals surface area contributed by atoms with Crippen LogP contribution >= 0.6 is 11.3 Å². The number of carbonyl (C=O) groups excluding carboxylic acids is 2. The molecule has 0 radical (unpaired) electrons. The number of nitro groups is 1. The number of methoxy groups -OCH3 is 1. The fourth-order valence-corrected chi connectivity index (χ4v) is 3.42. The lowest BCUT2D eigenvalue weighted by Crippen LogP contribution is -2.13. The first-order valence-electron chi connectivity index (χ1n) is 8.00. The molecular formula is C18H15N3O5S. The van der Waals surface area contributed by atoms with Gasteiger partial charge in [-0.25, -0.2) is 9.78 Å². The van der Waals surface area contributed by atoms with Crippen molar-refractivity contribution in [1.29, 1.82) is 0 Å². The molecule has 0 saturated carbocycles. The van der Waals surface area contributed by atoms with Gasteiger partial charge in [0.1, 0.15) is 0 Å². The molecule has 2 aromatic carbocycles. The first-order chi connectivity index (χ1) is 12.9. The van der Waals surface area contributed by atoms with E-state index in [2.05, 4.69) is 15.0 Å². The first-order valence-corrected chi connectivity index (χ1v) is 8.81. The monoisotopic (exact) mass is 385 g/mol. The second-order valence-corrected chi connectivity index (χ2v) is 6.68. The summed E-state index contributed by atoms with van der Waals surface area (Å²) in [4.78, 5) is 39.0. The molecule has 3 aromatic rings. The second kappa shape index (κ2) is 7.50. The van der Waals surface area contributed by atoms with Crippen LogP contribution in [0.2, 0.25) is 0 Å². The average Bonchev–Trinajstić information content (AvgIpc) is 3.07. The van der Waals surface area contributed by atoms with E-state index in [1.807, 2.05) is 25.1 Å². The number of aromatic nitrogens is 1. The van der Waals surface area contributed by atoms with E-state index in [9.17, 15) is 19.7 Å². The molecule has 1 aromatic heterocycles. The number of hydrogen-bond acceptors (Lipinski definition) is 7. The number of nitrogens with one attached hydrogen (secondary N) is 1. The Morgan fingerprint density at radius 2 is 1.96 bits per heavy atom. The lowest BCUT2D eigenvalue weighted by Gasteiger charge is -2.05. The third kappa shape index (κ3) is 3.93. The highest BCUT2D eigenvalue weighted by atomic mass is 32.1. The molecule has 8 nitrogen and oxygen atoms in total. The molecular weight excluding hydrogens is 370 g/mol. The summed E-state index contributed by atoms with van der Waals surface area (Å²) in [5, 5.41) is 14.1. The van der Waals surface area contributed by atoms with Crippen molar-refractivity contribution in [3.8, 4) is 0 Å². The molecule has 0 bridgehead atoms. The molecule has 0 atom stereocenters. The summed E-state index contributed by atoms with van der Waals surface area (Å²) < 4.78 is 5.51. The zero-order chi connectivity index (χ0) is 19.6. The van der Waals surface area contributed by atoms with Crippen LogP contribution in [0.5, 0.6) is 0 Å². The smallest absolute Gasteiger partial charge is 0.338 e. The summed E-state index contributed by atoms with van der Waals surface area (Å²) in [5.41, 5.74) is 1.43. The van der Waals surface area contributed by atoms with E-state index in [1.54, 1.807) is 0 Å². The number of non-ortho nitro benzene ring substituents is 1. The fraction of sp³-hybridized carbons (Fsp3) is 0.167. The van der Waals surface area contributed by atoms with E-state index in [4.69, 9.17) is 0 Å². The Bertz CT molecular complexity index is 1060. The lowest BCUT2D eigenvalue weighted by molar-refractivity contribution is -0.384. The number of thiazole rings is 1. The van der Waals surface area contributed by atoms with Gasteiger partial charge in [0.25, 0.3) is 11.6 Å². The van der Waals surface area contributed by atoms with Crippen LogP contribution in [0, 0.1) is 10.1 Å². The molecule has 0 aliphatic carbocycles. The summed E-state index contributed by atoms with van der Waals surface area (Å²) in [6, 6.07) is 9.26. The van der Waals surface area contributed by atoms with Crippen LogP contribution in [0.4, 0.5) is 10.8 Å². The predicted octanol–water partition coefficient (Wildman–Crippen LogP) is 3.81. The van der Waals surface area contributed by atoms with Crippen molar-refractivity contribution in [1.82, 2.24) is 4.98 Å². The van der Waals surface area contributed by atoms with Crippen LogP contribution in [-0.2, 0) is 11.2 Å². The molecule has 0 aliphatic heterocycles. The van der Waals surface area contributed by atoms with Gasteiger partial charge < -0.3 is 4.74 Å². The largest absolute Gasteiger partial charge is 0.465 e. The molecule has 9 heteroatoms. The van der Waals surface area contributed by atoms with E-state index in [0.29, 0.717) is 5.13 Å². The van der Waals surface area contributed by atoms with Crippen LogP contribution in [0.3, 0.4) is 0 Å². The number of fused-ring (bicyclic) bond motifs is 1. The van der Waals surface area contributed by atoms with E-state index in [-0.39, 0.29) is 16.8 Å². The van der Waals surface area contributed by atoms with Crippen LogP contribution in [0.1, 0.15) is 33.2 Å². The summed E-state index contributed by atoms with van der Waals surface area (Å²) >= 11 is 1.31. The van der Waals surface area contributed by atoms with Gasteiger partial charge in [-0.3, -0.25) is 20.2 Å². The molecule has 0 fully saturated rings. The number of amides is 1. The van der Waals surface area contributed by atoms with Gasteiger partial charge in [0.15, 0.2) is 5.13 Å². The minimum atomic E-state index is -0.764. The van der Waals surface area contributed by atoms with Gasteiger partial charge in [-0.2, -0.15) is 0 Å². The van der Waals surface area contributed by atoms with Gasteiger partial charge >= 0.3 is 5.97 Å². The van der Waals surface area contributed by atoms with Gasteiger partial charge in [-0.05, 0) is 30.2 Å². The molecule has 0 unspecified atom stereocenters. The third-order valence-electron chi connectivity index (χ3n) is 3.89. The maximum absolute atomic E-state index is 12.5. The molecule has 27 heavy (non-hydrogen) atoms. The molecule has 3 rings (SSSR count). The Balaban J connectivity index is 1.92.